The Morgan fingerprint density at radius 3 is 1.30 bits per heavy atom. The molecule has 0 saturated heterocycles. The van der Waals surface area contributed by atoms with Gasteiger partial charge in [-0.05, 0) is 51.4 Å². The number of unbranched alkanes of at least 4 members (excludes halogenated alkanes) is 26. The molecule has 0 fully saturated rings. The number of carbonyl (C=O) groups excluding carboxylic acids is 3. The normalized spacial score (nSPS) is 13.2. The molecule has 0 aliphatic carbocycles. The number of aliphatic carboxylic acids is 1. The quantitative estimate of drug-likeness (QED) is 0.0259. The Balaban J connectivity index is 4.22. The van der Waals surface area contributed by atoms with Crippen LogP contribution in [0.2, 0.25) is 0 Å². The van der Waals surface area contributed by atoms with Crippen LogP contribution in [0.25, 0.3) is 0 Å². The number of nitrogens with zero attached hydrogens (tertiary/aromatic N) is 1. The van der Waals surface area contributed by atoms with Crippen LogP contribution in [-0.2, 0) is 28.6 Å². The molecule has 372 valence electrons. The van der Waals surface area contributed by atoms with Crippen molar-refractivity contribution in [3.63, 3.8) is 0 Å². The summed E-state index contributed by atoms with van der Waals surface area (Å²) in [7, 11) is 5.42. The summed E-state index contributed by atoms with van der Waals surface area (Å²) in [6, 6.07) is -0.729. The Hall–Kier alpha value is -2.71. The average Bonchev–Trinajstić information content (AvgIpc) is 3.26. The van der Waals surface area contributed by atoms with Gasteiger partial charge in [-0.2, -0.15) is 0 Å². The van der Waals surface area contributed by atoms with Gasteiger partial charge in [0.15, 0.2) is 6.10 Å². The smallest absolute Gasteiger partial charge is 0.306 e. The number of carbonyl (C=O) groups is 3. The fourth-order valence-corrected chi connectivity index (χ4v) is 7.89. The SMILES string of the molecule is CC/C=C/C/C=C/C/C=C/C/C=C/CCCCCCCCC(=O)OC(COCCC(C(=O)[O-])[N+](C)(C)C)COC(=O)CCCCCCCCCCCCCCCCCCCCCCC. The molecule has 2 atom stereocenters. The summed E-state index contributed by atoms with van der Waals surface area (Å²) in [5.74, 6) is -1.74. The van der Waals surface area contributed by atoms with Crippen molar-refractivity contribution in [3.8, 4) is 0 Å². The fraction of sp³-hybridized carbons (Fsp3) is 0.804. The van der Waals surface area contributed by atoms with Gasteiger partial charge in [0.25, 0.3) is 0 Å². The highest BCUT2D eigenvalue weighted by atomic mass is 16.6. The molecule has 0 N–H and O–H groups in total. The van der Waals surface area contributed by atoms with E-state index in [9.17, 15) is 19.5 Å². The van der Waals surface area contributed by atoms with Crippen LogP contribution in [0.4, 0.5) is 0 Å². The predicted octanol–water partition coefficient (Wildman–Crippen LogP) is 14.2. The summed E-state index contributed by atoms with van der Waals surface area (Å²) in [6.45, 7) is 4.57. The van der Waals surface area contributed by atoms with E-state index in [0.717, 1.165) is 77.0 Å². The first-order chi connectivity index (χ1) is 31.1. The summed E-state index contributed by atoms with van der Waals surface area (Å²) in [6.07, 6.45) is 57.2. The Labute approximate surface area is 395 Å². The van der Waals surface area contributed by atoms with Crippen molar-refractivity contribution in [2.75, 3.05) is 41.0 Å². The third kappa shape index (κ3) is 44.5. The summed E-state index contributed by atoms with van der Waals surface area (Å²) in [5, 5.41) is 11.7. The van der Waals surface area contributed by atoms with Gasteiger partial charge in [0, 0.05) is 19.3 Å². The zero-order valence-electron chi connectivity index (χ0n) is 42.4. The molecule has 0 aliphatic heterocycles. The summed E-state index contributed by atoms with van der Waals surface area (Å²) in [5.41, 5.74) is 0. The number of rotatable bonds is 48. The van der Waals surface area contributed by atoms with E-state index >= 15 is 0 Å². The monoisotopic (exact) mass is 900 g/mol. The lowest BCUT2D eigenvalue weighted by atomic mass is 10.0. The van der Waals surface area contributed by atoms with Crippen LogP contribution >= 0.6 is 0 Å². The highest BCUT2D eigenvalue weighted by molar-refractivity contribution is 5.70. The first kappa shape index (κ1) is 61.3. The van der Waals surface area contributed by atoms with E-state index in [-0.39, 0.29) is 42.7 Å². The van der Waals surface area contributed by atoms with E-state index in [4.69, 9.17) is 14.2 Å². The number of ether oxygens (including phenoxy) is 3. The molecule has 0 aromatic rings. The zero-order chi connectivity index (χ0) is 47.0. The van der Waals surface area contributed by atoms with Gasteiger partial charge in [0.1, 0.15) is 12.6 Å². The number of likely N-dealkylation sites (N-methyl/N-ethyl adjacent to an activating group) is 1. The first-order valence-corrected chi connectivity index (χ1v) is 26.7. The highest BCUT2D eigenvalue weighted by Gasteiger charge is 2.25. The van der Waals surface area contributed by atoms with Gasteiger partial charge < -0.3 is 28.6 Å². The Morgan fingerprint density at radius 2 is 0.875 bits per heavy atom. The Kier molecular flexibility index (Phi) is 44.8. The van der Waals surface area contributed by atoms with Crippen molar-refractivity contribution < 1.29 is 38.2 Å². The van der Waals surface area contributed by atoms with Crippen LogP contribution in [-0.4, -0.2) is 75.5 Å². The molecule has 0 amide bonds. The second-order valence-electron chi connectivity index (χ2n) is 19.1. The predicted molar refractivity (Wildman–Crippen MR) is 268 cm³/mol. The van der Waals surface area contributed by atoms with Crippen molar-refractivity contribution in [2.24, 2.45) is 0 Å². The maximum atomic E-state index is 12.8. The van der Waals surface area contributed by atoms with Crippen molar-refractivity contribution in [2.45, 2.75) is 251 Å². The molecule has 64 heavy (non-hydrogen) atoms. The molecular weight excluding hydrogens is 799 g/mol. The van der Waals surface area contributed by atoms with E-state index in [2.05, 4.69) is 62.5 Å². The minimum atomic E-state index is -1.13. The van der Waals surface area contributed by atoms with Crippen molar-refractivity contribution in [3.05, 3.63) is 48.6 Å². The molecule has 0 heterocycles. The fourth-order valence-electron chi connectivity index (χ4n) is 7.89. The molecule has 0 rings (SSSR count). The topological polar surface area (TPSA) is 102 Å². The molecule has 2 unspecified atom stereocenters. The van der Waals surface area contributed by atoms with Crippen LogP contribution in [0.1, 0.15) is 239 Å². The second kappa shape index (κ2) is 46.8. The van der Waals surface area contributed by atoms with Gasteiger partial charge >= 0.3 is 11.9 Å². The lowest BCUT2D eigenvalue weighted by Gasteiger charge is -2.34. The van der Waals surface area contributed by atoms with Crippen LogP contribution in [0, 0.1) is 0 Å². The minimum absolute atomic E-state index is 0.0363. The summed E-state index contributed by atoms with van der Waals surface area (Å²) in [4.78, 5) is 37.1. The van der Waals surface area contributed by atoms with E-state index in [1.807, 2.05) is 0 Å². The zero-order valence-corrected chi connectivity index (χ0v) is 42.4. The summed E-state index contributed by atoms with van der Waals surface area (Å²) >= 11 is 0. The third-order valence-electron chi connectivity index (χ3n) is 12.0. The van der Waals surface area contributed by atoms with Gasteiger partial charge in [0.2, 0.25) is 0 Å². The molecule has 0 aliphatic rings. The van der Waals surface area contributed by atoms with Crippen molar-refractivity contribution in [1.29, 1.82) is 0 Å². The number of carboxylic acids is 1. The lowest BCUT2D eigenvalue weighted by Crippen LogP contribution is -2.55. The molecular formula is C56H101NO7. The maximum Gasteiger partial charge on any atom is 0.306 e. The molecule has 0 radical (unpaired) electrons. The lowest BCUT2D eigenvalue weighted by molar-refractivity contribution is -0.889. The Morgan fingerprint density at radius 1 is 0.484 bits per heavy atom. The largest absolute Gasteiger partial charge is 0.544 e. The van der Waals surface area contributed by atoms with Crippen LogP contribution in [0.3, 0.4) is 0 Å². The average molecular weight is 900 g/mol. The molecule has 8 heteroatoms. The molecule has 0 bridgehead atoms. The molecule has 8 nitrogen and oxygen atoms in total. The number of hydrogen-bond acceptors (Lipinski definition) is 7. The van der Waals surface area contributed by atoms with Crippen LogP contribution in [0.15, 0.2) is 48.6 Å². The molecule has 0 spiro atoms. The standard InChI is InChI=1S/C56H101NO7/c1-6-8-10-12-14-16-18-20-22-24-26-27-29-30-32-34-36-38-40-42-44-46-54(58)63-51-52(50-62-49-48-53(56(60)61)57(3,4)5)64-55(59)47-45-43-41-39-37-35-33-31-28-25-23-21-19-17-15-13-11-9-7-2/h9,11,15,17,21,23,28,31,52-53H,6-8,10,12-14,16,18-20,22,24-27,29-30,32-51H2,1-5H3/b11-9+,17-15+,23-21+,31-28+. The number of hydrogen-bond donors (Lipinski definition) is 0. The molecule has 0 saturated carbocycles. The second-order valence-corrected chi connectivity index (χ2v) is 19.1. The van der Waals surface area contributed by atoms with Gasteiger partial charge in [0.05, 0.1) is 40.3 Å². The number of allylic oxidation sites excluding steroid dienone is 8. The van der Waals surface area contributed by atoms with Crippen LogP contribution in [0.5, 0.6) is 0 Å². The Bertz CT molecular complexity index is 1190. The minimum Gasteiger partial charge on any atom is -0.544 e. The van der Waals surface area contributed by atoms with Crippen molar-refractivity contribution >= 4 is 17.9 Å². The van der Waals surface area contributed by atoms with E-state index in [0.29, 0.717) is 12.8 Å². The van der Waals surface area contributed by atoms with Gasteiger partial charge in [-0.15, -0.1) is 0 Å². The highest BCUT2D eigenvalue weighted by Crippen LogP contribution is 2.16. The van der Waals surface area contributed by atoms with Gasteiger partial charge in [-0.25, -0.2) is 0 Å². The van der Waals surface area contributed by atoms with E-state index in [1.165, 1.54) is 128 Å². The van der Waals surface area contributed by atoms with Crippen molar-refractivity contribution in [1.82, 2.24) is 0 Å². The molecule has 0 aromatic carbocycles. The first-order valence-electron chi connectivity index (χ1n) is 26.7. The van der Waals surface area contributed by atoms with E-state index in [1.54, 1.807) is 21.1 Å². The van der Waals surface area contributed by atoms with Crippen LogP contribution < -0.4 is 5.11 Å². The van der Waals surface area contributed by atoms with E-state index < -0.39 is 18.1 Å². The van der Waals surface area contributed by atoms with Gasteiger partial charge in [-0.1, -0.05) is 217 Å². The maximum absolute atomic E-state index is 12.8. The molecule has 0 aromatic heterocycles. The van der Waals surface area contributed by atoms with Gasteiger partial charge in [-0.3, -0.25) is 9.59 Å². The number of carboxylic acid groups (broad SMARTS) is 1. The number of esters is 2. The third-order valence-corrected chi connectivity index (χ3v) is 12.0. The number of quaternary nitrogens is 1. The summed E-state index contributed by atoms with van der Waals surface area (Å²) < 4.78 is 17.3.